The van der Waals surface area contributed by atoms with Gasteiger partial charge in [-0.2, -0.15) is 13.2 Å². The molecule has 1 aromatic heterocycles. The van der Waals surface area contributed by atoms with Crippen molar-refractivity contribution in [2.75, 3.05) is 13.2 Å². The molecule has 1 aliphatic heterocycles. The van der Waals surface area contributed by atoms with Gasteiger partial charge in [0.1, 0.15) is 5.60 Å². The molecule has 1 saturated carbocycles. The Morgan fingerprint density at radius 1 is 1.24 bits per heavy atom. The SMILES string of the molecule is CC(O)[C@]1(C(=O)NCc2cc(C(F)(F)F)cc(OC(C)(C)C)n2)CC[C@@H](NC2CCOCC2)C1. The average Bonchev–Trinajstić information content (AvgIpc) is 3.16. The number of carbonyl (C=O) groups is 1. The molecule has 34 heavy (non-hydrogen) atoms. The highest BCUT2D eigenvalue weighted by atomic mass is 19.4. The molecular formula is C24H36F3N3O4. The molecular weight excluding hydrogens is 451 g/mol. The molecule has 3 N–H and O–H groups in total. The Kier molecular flexibility index (Phi) is 8.14. The Hall–Kier alpha value is -1.91. The number of aromatic nitrogens is 1. The third-order valence-electron chi connectivity index (χ3n) is 6.52. The lowest BCUT2D eigenvalue weighted by atomic mass is 9.79. The van der Waals surface area contributed by atoms with Crippen molar-refractivity contribution >= 4 is 5.91 Å². The molecule has 1 aliphatic carbocycles. The van der Waals surface area contributed by atoms with Gasteiger partial charge in [0.25, 0.3) is 0 Å². The summed E-state index contributed by atoms with van der Waals surface area (Å²) in [4.78, 5) is 17.4. The van der Waals surface area contributed by atoms with E-state index in [1.807, 2.05) is 0 Å². The number of pyridine rings is 1. The summed E-state index contributed by atoms with van der Waals surface area (Å²) in [6.07, 6.45) is -1.97. The van der Waals surface area contributed by atoms with E-state index in [0.717, 1.165) is 31.4 Å². The minimum Gasteiger partial charge on any atom is -0.472 e. The Balaban J connectivity index is 1.70. The number of halogens is 3. The van der Waals surface area contributed by atoms with Crippen molar-refractivity contribution in [3.63, 3.8) is 0 Å². The van der Waals surface area contributed by atoms with Gasteiger partial charge < -0.3 is 25.2 Å². The molecule has 2 fully saturated rings. The van der Waals surface area contributed by atoms with Gasteiger partial charge in [-0.25, -0.2) is 4.98 Å². The Labute approximate surface area is 198 Å². The van der Waals surface area contributed by atoms with Gasteiger partial charge in [0.2, 0.25) is 11.8 Å². The number of hydrogen-bond acceptors (Lipinski definition) is 6. The predicted molar refractivity (Wildman–Crippen MR) is 120 cm³/mol. The van der Waals surface area contributed by atoms with Gasteiger partial charge >= 0.3 is 6.18 Å². The maximum absolute atomic E-state index is 13.4. The zero-order chi connectivity index (χ0) is 25.1. The van der Waals surface area contributed by atoms with Crippen molar-refractivity contribution in [1.82, 2.24) is 15.6 Å². The molecule has 1 saturated heterocycles. The van der Waals surface area contributed by atoms with E-state index >= 15 is 0 Å². The lowest BCUT2D eigenvalue weighted by Crippen LogP contribution is -2.48. The smallest absolute Gasteiger partial charge is 0.416 e. The van der Waals surface area contributed by atoms with E-state index in [1.165, 1.54) is 0 Å². The molecule has 0 radical (unpaired) electrons. The van der Waals surface area contributed by atoms with Crippen LogP contribution in [0.4, 0.5) is 13.2 Å². The highest BCUT2D eigenvalue weighted by Gasteiger charge is 2.49. The van der Waals surface area contributed by atoms with Crippen LogP contribution >= 0.6 is 0 Å². The number of ether oxygens (including phenoxy) is 2. The van der Waals surface area contributed by atoms with Crippen LogP contribution in [0.3, 0.4) is 0 Å². The van der Waals surface area contributed by atoms with Crippen LogP contribution in [0.1, 0.15) is 71.1 Å². The fourth-order valence-electron chi connectivity index (χ4n) is 4.72. The lowest BCUT2D eigenvalue weighted by Gasteiger charge is -2.32. The molecule has 1 aromatic rings. The Morgan fingerprint density at radius 3 is 2.50 bits per heavy atom. The van der Waals surface area contributed by atoms with Crippen LogP contribution in [0.25, 0.3) is 0 Å². The van der Waals surface area contributed by atoms with Crippen LogP contribution in [-0.2, 0) is 22.3 Å². The maximum Gasteiger partial charge on any atom is 0.416 e. The molecule has 3 atom stereocenters. The summed E-state index contributed by atoms with van der Waals surface area (Å²) < 4.78 is 51.2. The van der Waals surface area contributed by atoms with Crippen molar-refractivity contribution < 1.29 is 32.5 Å². The number of hydrogen-bond donors (Lipinski definition) is 3. The van der Waals surface area contributed by atoms with Crippen molar-refractivity contribution in [2.24, 2.45) is 5.41 Å². The van der Waals surface area contributed by atoms with Crippen LogP contribution in [0.2, 0.25) is 0 Å². The maximum atomic E-state index is 13.4. The fraction of sp³-hybridized carbons (Fsp3) is 0.750. The number of alkyl halides is 3. The number of carbonyl (C=O) groups excluding carboxylic acids is 1. The van der Waals surface area contributed by atoms with Crippen molar-refractivity contribution in [3.8, 4) is 5.88 Å². The topological polar surface area (TPSA) is 92.7 Å². The summed E-state index contributed by atoms with van der Waals surface area (Å²) in [5, 5.41) is 16.8. The van der Waals surface area contributed by atoms with Gasteiger partial charge in [0.15, 0.2) is 0 Å². The summed E-state index contributed by atoms with van der Waals surface area (Å²) in [5.74, 6) is -0.533. The molecule has 2 heterocycles. The zero-order valence-corrected chi connectivity index (χ0v) is 20.3. The largest absolute Gasteiger partial charge is 0.472 e. The summed E-state index contributed by atoms with van der Waals surface area (Å²) in [7, 11) is 0. The van der Waals surface area contributed by atoms with Gasteiger partial charge in [-0.3, -0.25) is 4.79 Å². The van der Waals surface area contributed by atoms with Gasteiger partial charge in [-0.05, 0) is 65.9 Å². The van der Waals surface area contributed by atoms with E-state index < -0.39 is 28.9 Å². The lowest BCUT2D eigenvalue weighted by molar-refractivity contribution is -0.138. The normalized spacial score (nSPS) is 25.2. The standard InChI is InChI=1S/C24H36F3N3O4/c1-15(31)23(8-5-18(13-23)29-17-6-9-33-10-7-17)21(32)28-14-19-11-16(24(25,26)27)12-20(30-19)34-22(2,3)4/h11-12,15,17-18,29,31H,5-10,13-14H2,1-4H3,(H,28,32)/t15?,18-,23+/m1/s1. The first kappa shape index (κ1) is 26.7. The van der Waals surface area contributed by atoms with Crippen molar-refractivity contribution in [1.29, 1.82) is 0 Å². The number of nitrogens with zero attached hydrogens (tertiary/aromatic N) is 1. The summed E-state index contributed by atoms with van der Waals surface area (Å²) >= 11 is 0. The van der Waals surface area contributed by atoms with E-state index in [9.17, 15) is 23.1 Å². The van der Waals surface area contributed by atoms with Crippen LogP contribution in [0.15, 0.2) is 12.1 Å². The molecule has 1 unspecified atom stereocenters. The molecule has 1 amide bonds. The number of nitrogens with one attached hydrogen (secondary N) is 2. The second-order valence-electron chi connectivity index (χ2n) is 10.4. The van der Waals surface area contributed by atoms with E-state index in [2.05, 4.69) is 15.6 Å². The highest BCUT2D eigenvalue weighted by molar-refractivity contribution is 5.83. The molecule has 7 nitrogen and oxygen atoms in total. The average molecular weight is 488 g/mol. The predicted octanol–water partition coefficient (Wildman–Crippen LogP) is 3.58. The Morgan fingerprint density at radius 2 is 1.91 bits per heavy atom. The number of amides is 1. The van der Waals surface area contributed by atoms with Gasteiger partial charge in [-0.1, -0.05) is 0 Å². The minimum absolute atomic E-state index is 0.0399. The van der Waals surface area contributed by atoms with E-state index in [0.29, 0.717) is 32.1 Å². The molecule has 2 aliphatic rings. The van der Waals surface area contributed by atoms with E-state index in [4.69, 9.17) is 9.47 Å². The van der Waals surface area contributed by atoms with Gasteiger partial charge in [0, 0.05) is 31.4 Å². The number of aliphatic hydroxyl groups is 1. The third-order valence-corrected chi connectivity index (χ3v) is 6.52. The van der Waals surface area contributed by atoms with E-state index in [-0.39, 0.29) is 30.1 Å². The second-order valence-corrected chi connectivity index (χ2v) is 10.4. The zero-order valence-electron chi connectivity index (χ0n) is 20.3. The number of aliphatic hydroxyl groups excluding tert-OH is 1. The van der Waals surface area contributed by atoms with Crippen molar-refractivity contribution in [2.45, 2.75) is 96.3 Å². The summed E-state index contributed by atoms with van der Waals surface area (Å²) in [6, 6.07) is 2.18. The third kappa shape index (κ3) is 6.82. The van der Waals surface area contributed by atoms with Gasteiger partial charge in [-0.15, -0.1) is 0 Å². The van der Waals surface area contributed by atoms with Crippen LogP contribution in [0.5, 0.6) is 5.88 Å². The van der Waals surface area contributed by atoms with Crippen LogP contribution < -0.4 is 15.4 Å². The molecule has 3 rings (SSSR count). The van der Waals surface area contributed by atoms with Crippen LogP contribution in [-0.4, -0.2) is 53.0 Å². The second kappa shape index (κ2) is 10.4. The van der Waals surface area contributed by atoms with Crippen LogP contribution in [0, 0.1) is 5.41 Å². The molecule has 10 heteroatoms. The molecule has 0 bridgehead atoms. The fourth-order valence-corrected chi connectivity index (χ4v) is 4.72. The highest BCUT2D eigenvalue weighted by Crippen LogP contribution is 2.42. The first-order chi connectivity index (χ1) is 15.8. The quantitative estimate of drug-likeness (QED) is 0.545. The first-order valence-corrected chi connectivity index (χ1v) is 11.9. The van der Waals surface area contributed by atoms with Gasteiger partial charge in [0.05, 0.1) is 29.3 Å². The Bertz CT molecular complexity index is 851. The van der Waals surface area contributed by atoms with E-state index in [1.54, 1.807) is 27.7 Å². The summed E-state index contributed by atoms with van der Waals surface area (Å²) in [5.41, 5.74) is -2.59. The first-order valence-electron chi connectivity index (χ1n) is 11.9. The minimum atomic E-state index is -4.58. The molecule has 192 valence electrons. The monoisotopic (exact) mass is 487 g/mol. The molecule has 0 spiro atoms. The number of rotatable bonds is 7. The summed E-state index contributed by atoms with van der Waals surface area (Å²) in [6.45, 7) is 7.95. The van der Waals surface area contributed by atoms with Crippen molar-refractivity contribution in [3.05, 3.63) is 23.4 Å². The molecule has 0 aromatic carbocycles.